The first-order chi connectivity index (χ1) is 7.33. The van der Waals surface area contributed by atoms with Crippen LogP contribution in [-0.4, -0.2) is 6.29 Å². The van der Waals surface area contributed by atoms with E-state index >= 15 is 0 Å². The van der Waals surface area contributed by atoms with Crippen LogP contribution in [0.1, 0.15) is 21.5 Å². The summed E-state index contributed by atoms with van der Waals surface area (Å²) in [5, 5.41) is 0. The Balaban J connectivity index is 2.35. The average molecular weight is 232 g/mol. The molecule has 2 aromatic heterocycles. The maximum Gasteiger partial charge on any atom is 0.160 e. The Morgan fingerprint density at radius 2 is 1.87 bits per heavy atom. The lowest BCUT2D eigenvalue weighted by atomic mass is 10.3. The van der Waals surface area contributed by atoms with Crippen molar-refractivity contribution in [3.05, 3.63) is 34.0 Å². The van der Waals surface area contributed by atoms with Crippen LogP contribution in [-0.2, 0) is 0 Å². The number of carbonyl (C=O) groups is 1. The minimum Gasteiger partial charge on any atom is -0.297 e. The first kappa shape index (κ1) is 10.2. The van der Waals surface area contributed by atoms with Gasteiger partial charge in [-0.1, -0.05) is 5.92 Å². The second kappa shape index (κ2) is 4.43. The topological polar surface area (TPSA) is 17.1 Å². The van der Waals surface area contributed by atoms with Gasteiger partial charge < -0.3 is 0 Å². The van der Waals surface area contributed by atoms with E-state index in [1.807, 2.05) is 31.2 Å². The van der Waals surface area contributed by atoms with E-state index in [0.29, 0.717) is 0 Å². The van der Waals surface area contributed by atoms with Gasteiger partial charge >= 0.3 is 0 Å². The van der Waals surface area contributed by atoms with Crippen LogP contribution in [0.25, 0.3) is 9.75 Å². The Kier molecular flexibility index (Phi) is 3.00. The maximum atomic E-state index is 10.6. The molecule has 0 radical (unpaired) electrons. The summed E-state index contributed by atoms with van der Waals surface area (Å²) in [6, 6.07) is 7.88. The third kappa shape index (κ3) is 2.17. The van der Waals surface area contributed by atoms with Crippen LogP contribution in [0.2, 0.25) is 0 Å². The Hall–Kier alpha value is -1.37. The molecular weight excluding hydrogens is 224 g/mol. The number of hydrogen-bond acceptors (Lipinski definition) is 3. The highest BCUT2D eigenvalue weighted by Crippen LogP contribution is 2.32. The van der Waals surface area contributed by atoms with Crippen molar-refractivity contribution in [2.24, 2.45) is 0 Å². The fourth-order valence-electron chi connectivity index (χ4n) is 1.21. The molecule has 0 aromatic carbocycles. The minimum absolute atomic E-state index is 0.765. The van der Waals surface area contributed by atoms with E-state index in [4.69, 9.17) is 0 Å². The second-order valence-corrected chi connectivity index (χ2v) is 5.06. The normalized spacial score (nSPS) is 9.40. The van der Waals surface area contributed by atoms with Crippen molar-refractivity contribution in [2.75, 3.05) is 0 Å². The molecule has 2 aromatic rings. The quantitative estimate of drug-likeness (QED) is 0.570. The van der Waals surface area contributed by atoms with Crippen LogP contribution in [0.15, 0.2) is 24.3 Å². The first-order valence-electron chi connectivity index (χ1n) is 4.41. The molecule has 2 rings (SSSR count). The molecular formula is C12H8OS2. The summed E-state index contributed by atoms with van der Waals surface area (Å²) < 4.78 is 0. The molecule has 0 saturated carbocycles. The standard InChI is InChI=1S/C12H8OS2/c1-2-3-9-4-6-11(14-9)12-7-5-10(8-13)15-12/h4-8H,1H3. The molecule has 0 amide bonds. The molecule has 2 heterocycles. The van der Waals surface area contributed by atoms with E-state index in [0.717, 1.165) is 20.9 Å². The van der Waals surface area contributed by atoms with Crippen LogP contribution in [0, 0.1) is 11.8 Å². The van der Waals surface area contributed by atoms with Crippen molar-refractivity contribution in [3.8, 4) is 21.6 Å². The van der Waals surface area contributed by atoms with E-state index in [2.05, 4.69) is 11.8 Å². The molecule has 1 nitrogen and oxygen atoms in total. The van der Waals surface area contributed by atoms with Gasteiger partial charge in [0.1, 0.15) is 0 Å². The molecule has 0 fully saturated rings. The van der Waals surface area contributed by atoms with Crippen LogP contribution in [0.4, 0.5) is 0 Å². The lowest BCUT2D eigenvalue weighted by Gasteiger charge is -1.86. The van der Waals surface area contributed by atoms with Crippen molar-refractivity contribution >= 4 is 29.0 Å². The van der Waals surface area contributed by atoms with Gasteiger partial charge in [0.2, 0.25) is 0 Å². The molecule has 15 heavy (non-hydrogen) atoms. The molecule has 0 aliphatic carbocycles. The number of aldehydes is 1. The first-order valence-corrected chi connectivity index (χ1v) is 6.05. The largest absolute Gasteiger partial charge is 0.297 e. The van der Waals surface area contributed by atoms with Crippen molar-refractivity contribution in [1.29, 1.82) is 0 Å². The highest BCUT2D eigenvalue weighted by molar-refractivity contribution is 7.23. The zero-order chi connectivity index (χ0) is 10.7. The number of hydrogen-bond donors (Lipinski definition) is 0. The van der Waals surface area contributed by atoms with Gasteiger partial charge in [-0.2, -0.15) is 0 Å². The van der Waals surface area contributed by atoms with E-state index in [1.54, 1.807) is 11.3 Å². The average Bonchev–Trinajstić information content (AvgIpc) is 2.85. The Morgan fingerprint density at radius 1 is 1.13 bits per heavy atom. The molecule has 0 saturated heterocycles. The SMILES string of the molecule is CC#Cc1ccc(-c2ccc(C=O)s2)s1. The molecule has 74 valence electrons. The summed E-state index contributed by atoms with van der Waals surface area (Å²) in [6.07, 6.45) is 0.883. The minimum atomic E-state index is 0.765. The molecule has 0 unspecified atom stereocenters. The van der Waals surface area contributed by atoms with Crippen LogP contribution >= 0.6 is 22.7 Å². The van der Waals surface area contributed by atoms with E-state index in [-0.39, 0.29) is 0 Å². The summed E-state index contributed by atoms with van der Waals surface area (Å²) >= 11 is 3.17. The zero-order valence-corrected chi connectivity index (χ0v) is 9.74. The molecule has 0 spiro atoms. The molecule has 0 N–H and O–H groups in total. The summed E-state index contributed by atoms with van der Waals surface area (Å²) in [7, 11) is 0. The number of carbonyl (C=O) groups excluding carboxylic acids is 1. The number of thiophene rings is 2. The van der Waals surface area contributed by atoms with Gasteiger partial charge in [-0.05, 0) is 31.2 Å². The highest BCUT2D eigenvalue weighted by Gasteiger charge is 2.04. The van der Waals surface area contributed by atoms with Crippen molar-refractivity contribution in [2.45, 2.75) is 6.92 Å². The van der Waals surface area contributed by atoms with Gasteiger partial charge in [-0.3, -0.25) is 4.79 Å². The lowest BCUT2D eigenvalue weighted by Crippen LogP contribution is -1.62. The van der Waals surface area contributed by atoms with Crippen LogP contribution in [0.3, 0.4) is 0 Å². The predicted octanol–water partition coefficient (Wildman–Crippen LogP) is 3.66. The zero-order valence-electron chi connectivity index (χ0n) is 8.11. The smallest absolute Gasteiger partial charge is 0.160 e. The monoisotopic (exact) mass is 232 g/mol. The van der Waals surface area contributed by atoms with Crippen molar-refractivity contribution < 1.29 is 4.79 Å². The van der Waals surface area contributed by atoms with Gasteiger partial charge in [0, 0.05) is 9.75 Å². The third-order valence-corrected chi connectivity index (χ3v) is 4.05. The van der Waals surface area contributed by atoms with Gasteiger partial charge in [-0.25, -0.2) is 0 Å². The molecule has 3 heteroatoms. The Morgan fingerprint density at radius 3 is 2.53 bits per heavy atom. The predicted molar refractivity (Wildman–Crippen MR) is 65.6 cm³/mol. The van der Waals surface area contributed by atoms with Gasteiger partial charge in [-0.15, -0.1) is 28.6 Å². The van der Waals surface area contributed by atoms with Gasteiger partial charge in [0.15, 0.2) is 6.29 Å². The second-order valence-electron chi connectivity index (χ2n) is 2.86. The fourth-order valence-corrected chi connectivity index (χ4v) is 3.03. The maximum absolute atomic E-state index is 10.6. The van der Waals surface area contributed by atoms with E-state index in [9.17, 15) is 4.79 Å². The van der Waals surface area contributed by atoms with E-state index in [1.165, 1.54) is 16.2 Å². The molecule has 0 aliphatic rings. The summed E-state index contributed by atoms with van der Waals surface area (Å²) in [5.74, 6) is 5.89. The van der Waals surface area contributed by atoms with Crippen molar-refractivity contribution in [3.63, 3.8) is 0 Å². The summed E-state index contributed by atoms with van der Waals surface area (Å²) in [6.45, 7) is 1.83. The molecule has 0 aliphatic heterocycles. The van der Waals surface area contributed by atoms with Crippen LogP contribution < -0.4 is 0 Å². The fraction of sp³-hybridized carbons (Fsp3) is 0.0833. The Labute approximate surface area is 96.4 Å². The van der Waals surface area contributed by atoms with Crippen molar-refractivity contribution in [1.82, 2.24) is 0 Å². The summed E-state index contributed by atoms with van der Waals surface area (Å²) in [5.41, 5.74) is 0. The number of rotatable bonds is 2. The Bertz CT molecular complexity index is 537. The molecule has 0 atom stereocenters. The lowest BCUT2D eigenvalue weighted by molar-refractivity contribution is 0.112. The third-order valence-electron chi connectivity index (χ3n) is 1.84. The van der Waals surface area contributed by atoms with Gasteiger partial charge in [0.25, 0.3) is 0 Å². The highest BCUT2D eigenvalue weighted by atomic mass is 32.1. The van der Waals surface area contributed by atoms with Crippen LogP contribution in [0.5, 0.6) is 0 Å². The summed E-state index contributed by atoms with van der Waals surface area (Å²) in [4.78, 5) is 14.7. The molecule has 0 bridgehead atoms. The van der Waals surface area contributed by atoms with Gasteiger partial charge in [0.05, 0.1) is 9.75 Å². The van der Waals surface area contributed by atoms with E-state index < -0.39 is 0 Å².